The molecule has 1 amide bonds. The molecule has 2 aliphatic rings. The molecule has 2 N–H and O–H groups in total. The standard InChI is InChI=1S/C21H25N7O2/c1-22-20(29)17-5-4-16(12-23-17)27-8-6-26(7-9-27)13-14-10-18-19(24-11-14)28(15-2-3-15)21(30)25-18/h4-5,10-12,15H,2-3,6-9,13H2,1H3,(H,22,29)(H,25,30). The highest BCUT2D eigenvalue weighted by Gasteiger charge is 2.28. The molecule has 0 atom stereocenters. The number of nitrogens with one attached hydrogen (secondary N) is 2. The molecule has 1 saturated carbocycles. The summed E-state index contributed by atoms with van der Waals surface area (Å²) in [6.07, 6.45) is 5.77. The number of hydrogen-bond acceptors (Lipinski definition) is 6. The molecule has 5 rings (SSSR count). The molecule has 30 heavy (non-hydrogen) atoms. The number of aromatic nitrogens is 4. The summed E-state index contributed by atoms with van der Waals surface area (Å²) in [5.74, 6) is -0.175. The minimum Gasteiger partial charge on any atom is -0.368 e. The van der Waals surface area contributed by atoms with E-state index in [1.54, 1.807) is 23.9 Å². The van der Waals surface area contributed by atoms with Gasteiger partial charge in [0.1, 0.15) is 5.69 Å². The number of aromatic amines is 1. The number of anilines is 1. The summed E-state index contributed by atoms with van der Waals surface area (Å²) in [4.78, 5) is 40.3. The fourth-order valence-corrected chi connectivity index (χ4v) is 4.07. The van der Waals surface area contributed by atoms with Gasteiger partial charge >= 0.3 is 5.69 Å². The predicted octanol–water partition coefficient (Wildman–Crippen LogP) is 1.14. The van der Waals surface area contributed by atoms with Crippen LogP contribution in [-0.4, -0.2) is 63.6 Å². The van der Waals surface area contributed by atoms with Crippen LogP contribution in [0.5, 0.6) is 0 Å². The Balaban J connectivity index is 1.22. The summed E-state index contributed by atoms with van der Waals surface area (Å²) < 4.78 is 1.79. The van der Waals surface area contributed by atoms with Gasteiger partial charge in [-0.05, 0) is 36.6 Å². The zero-order valence-electron chi connectivity index (χ0n) is 17.0. The van der Waals surface area contributed by atoms with Crippen molar-refractivity contribution in [3.05, 3.63) is 52.3 Å². The Labute approximate surface area is 173 Å². The minimum atomic E-state index is -0.175. The Kier molecular flexibility index (Phi) is 4.74. The molecule has 0 spiro atoms. The molecule has 1 aliphatic carbocycles. The highest BCUT2D eigenvalue weighted by Crippen LogP contribution is 2.35. The summed E-state index contributed by atoms with van der Waals surface area (Å²) in [5.41, 5.74) is 4.10. The van der Waals surface area contributed by atoms with Gasteiger partial charge in [-0.1, -0.05) is 0 Å². The van der Waals surface area contributed by atoms with E-state index in [-0.39, 0.29) is 11.6 Å². The van der Waals surface area contributed by atoms with Crippen LogP contribution in [-0.2, 0) is 6.54 Å². The third-order valence-corrected chi connectivity index (χ3v) is 5.88. The van der Waals surface area contributed by atoms with Crippen LogP contribution >= 0.6 is 0 Å². The van der Waals surface area contributed by atoms with E-state index in [1.807, 2.05) is 12.3 Å². The molecule has 0 unspecified atom stereocenters. The van der Waals surface area contributed by atoms with Crippen LogP contribution in [0.25, 0.3) is 11.2 Å². The second kappa shape index (κ2) is 7.56. The number of fused-ring (bicyclic) bond motifs is 1. The lowest BCUT2D eigenvalue weighted by Gasteiger charge is -2.35. The zero-order valence-corrected chi connectivity index (χ0v) is 17.0. The van der Waals surface area contributed by atoms with E-state index >= 15 is 0 Å². The van der Waals surface area contributed by atoms with Crippen molar-refractivity contribution < 1.29 is 4.79 Å². The molecule has 156 valence electrons. The van der Waals surface area contributed by atoms with Crippen LogP contribution in [0.15, 0.2) is 35.4 Å². The van der Waals surface area contributed by atoms with Gasteiger partial charge in [-0.15, -0.1) is 0 Å². The van der Waals surface area contributed by atoms with Gasteiger partial charge in [0.2, 0.25) is 0 Å². The lowest BCUT2D eigenvalue weighted by atomic mass is 10.2. The van der Waals surface area contributed by atoms with E-state index in [0.29, 0.717) is 11.7 Å². The summed E-state index contributed by atoms with van der Waals surface area (Å²) in [6.45, 7) is 4.45. The normalized spacial score (nSPS) is 17.4. The van der Waals surface area contributed by atoms with Crippen LogP contribution < -0.4 is 15.9 Å². The first kappa shape index (κ1) is 18.8. The number of rotatable bonds is 5. The van der Waals surface area contributed by atoms with E-state index in [0.717, 1.165) is 68.0 Å². The molecule has 3 aromatic heterocycles. The van der Waals surface area contributed by atoms with Crippen molar-refractivity contribution in [2.45, 2.75) is 25.4 Å². The molecule has 9 heteroatoms. The van der Waals surface area contributed by atoms with E-state index in [2.05, 4.69) is 36.1 Å². The van der Waals surface area contributed by atoms with Crippen molar-refractivity contribution in [1.29, 1.82) is 0 Å². The fourth-order valence-electron chi connectivity index (χ4n) is 4.07. The van der Waals surface area contributed by atoms with Crippen LogP contribution in [0, 0.1) is 0 Å². The number of imidazole rings is 1. The molecule has 2 fully saturated rings. The first-order chi connectivity index (χ1) is 14.6. The Bertz CT molecular complexity index is 1120. The van der Waals surface area contributed by atoms with Crippen molar-refractivity contribution >= 4 is 22.8 Å². The van der Waals surface area contributed by atoms with Crippen LogP contribution in [0.2, 0.25) is 0 Å². The Hall–Kier alpha value is -3.20. The molecule has 1 saturated heterocycles. The third-order valence-electron chi connectivity index (χ3n) is 5.88. The Morgan fingerprint density at radius 3 is 2.63 bits per heavy atom. The lowest BCUT2D eigenvalue weighted by Crippen LogP contribution is -2.46. The number of hydrogen-bond donors (Lipinski definition) is 2. The van der Waals surface area contributed by atoms with Gasteiger partial charge in [-0.2, -0.15) is 0 Å². The molecule has 9 nitrogen and oxygen atoms in total. The smallest absolute Gasteiger partial charge is 0.327 e. The van der Waals surface area contributed by atoms with Gasteiger partial charge in [-0.3, -0.25) is 14.3 Å². The van der Waals surface area contributed by atoms with Crippen molar-refractivity contribution in [3.63, 3.8) is 0 Å². The number of piperazine rings is 1. The van der Waals surface area contributed by atoms with E-state index < -0.39 is 0 Å². The van der Waals surface area contributed by atoms with Gasteiger partial charge in [0.05, 0.1) is 17.4 Å². The predicted molar refractivity (Wildman–Crippen MR) is 114 cm³/mol. The fraction of sp³-hybridized carbons (Fsp3) is 0.429. The number of carbonyl (C=O) groups is 1. The third kappa shape index (κ3) is 3.56. The Morgan fingerprint density at radius 1 is 1.17 bits per heavy atom. The molecule has 0 aromatic carbocycles. The van der Waals surface area contributed by atoms with E-state index in [9.17, 15) is 9.59 Å². The number of pyridine rings is 2. The van der Waals surface area contributed by atoms with Crippen molar-refractivity contribution in [2.24, 2.45) is 0 Å². The van der Waals surface area contributed by atoms with Gasteiger partial charge in [0.15, 0.2) is 5.65 Å². The molecule has 4 heterocycles. The molecular formula is C21H25N7O2. The molecule has 0 radical (unpaired) electrons. The van der Waals surface area contributed by atoms with Gasteiger partial charge < -0.3 is 15.2 Å². The number of nitrogens with zero attached hydrogens (tertiary/aromatic N) is 5. The monoisotopic (exact) mass is 407 g/mol. The van der Waals surface area contributed by atoms with E-state index in [4.69, 9.17) is 0 Å². The van der Waals surface area contributed by atoms with Crippen LogP contribution in [0.4, 0.5) is 5.69 Å². The first-order valence-corrected chi connectivity index (χ1v) is 10.4. The maximum Gasteiger partial charge on any atom is 0.327 e. The zero-order chi connectivity index (χ0) is 20.7. The summed E-state index contributed by atoms with van der Waals surface area (Å²) in [6, 6.07) is 6.08. The van der Waals surface area contributed by atoms with Gasteiger partial charge in [0, 0.05) is 52.0 Å². The summed E-state index contributed by atoms with van der Waals surface area (Å²) >= 11 is 0. The Morgan fingerprint density at radius 2 is 1.97 bits per heavy atom. The second-order valence-corrected chi connectivity index (χ2v) is 7.99. The highest BCUT2D eigenvalue weighted by molar-refractivity contribution is 5.92. The maximum absolute atomic E-state index is 12.2. The largest absolute Gasteiger partial charge is 0.368 e. The van der Waals surface area contributed by atoms with Crippen LogP contribution in [0.3, 0.4) is 0 Å². The number of carbonyl (C=O) groups excluding carboxylic acids is 1. The lowest BCUT2D eigenvalue weighted by molar-refractivity contribution is 0.0958. The van der Waals surface area contributed by atoms with Gasteiger partial charge in [-0.25, -0.2) is 14.8 Å². The maximum atomic E-state index is 12.2. The average molecular weight is 407 g/mol. The topological polar surface area (TPSA) is 99.2 Å². The van der Waals surface area contributed by atoms with Gasteiger partial charge in [0.25, 0.3) is 5.91 Å². The molecule has 1 aliphatic heterocycles. The second-order valence-electron chi connectivity index (χ2n) is 7.99. The number of amides is 1. The summed E-state index contributed by atoms with van der Waals surface area (Å²) in [5, 5.41) is 2.59. The molecule has 3 aromatic rings. The van der Waals surface area contributed by atoms with Crippen molar-refractivity contribution in [1.82, 2.24) is 29.7 Å². The molecular weight excluding hydrogens is 382 g/mol. The van der Waals surface area contributed by atoms with Crippen LogP contribution in [0.1, 0.15) is 34.9 Å². The van der Waals surface area contributed by atoms with E-state index in [1.165, 1.54) is 0 Å². The SMILES string of the molecule is CNC(=O)c1ccc(N2CCN(Cc3cnc4c(c3)[nH]c(=O)n4C3CC3)CC2)cn1. The molecule has 0 bridgehead atoms. The van der Waals surface area contributed by atoms with Crippen molar-refractivity contribution in [3.8, 4) is 0 Å². The minimum absolute atomic E-state index is 0.0539. The highest BCUT2D eigenvalue weighted by atomic mass is 16.2. The van der Waals surface area contributed by atoms with Crippen molar-refractivity contribution in [2.75, 3.05) is 38.1 Å². The first-order valence-electron chi connectivity index (χ1n) is 10.4. The average Bonchev–Trinajstić information content (AvgIpc) is 3.55. The number of H-pyrrole nitrogens is 1. The quantitative estimate of drug-likeness (QED) is 0.658. The summed E-state index contributed by atoms with van der Waals surface area (Å²) in [7, 11) is 1.60.